The smallest absolute Gasteiger partial charge is 0.334 e. The zero-order chi connectivity index (χ0) is 20.4. The summed E-state index contributed by atoms with van der Waals surface area (Å²) in [6.45, 7) is -0.0189. The lowest BCUT2D eigenvalue weighted by Crippen LogP contribution is -2.28. The summed E-state index contributed by atoms with van der Waals surface area (Å²) in [4.78, 5) is 16.5. The van der Waals surface area contributed by atoms with Crippen LogP contribution < -0.4 is 10.6 Å². The van der Waals surface area contributed by atoms with Crippen molar-refractivity contribution < 1.29 is 18.0 Å². The monoisotopic (exact) mass is 401 g/mol. The minimum atomic E-state index is -4.41. The summed E-state index contributed by atoms with van der Waals surface area (Å²) in [5, 5.41) is 12.4. The van der Waals surface area contributed by atoms with Crippen molar-refractivity contribution in [3.8, 4) is 11.4 Å². The standard InChI is InChI=1S/C20H18F3N5O/c21-20(22,23)15-3-1-2-12(10-15)11-24-19(29)25-16-8-6-14(7-9-16)18-26-17(27-28-18)13-4-5-13/h1-3,6-10,13H,4-5,11H2,(H2,24,25,29)(H,26,27,28). The van der Waals surface area contributed by atoms with E-state index in [-0.39, 0.29) is 6.54 Å². The molecule has 4 rings (SSSR count). The zero-order valence-corrected chi connectivity index (χ0v) is 15.3. The maximum atomic E-state index is 12.7. The number of nitrogens with zero attached hydrogens (tertiary/aromatic N) is 2. The summed E-state index contributed by atoms with van der Waals surface area (Å²) < 4.78 is 38.2. The van der Waals surface area contributed by atoms with Crippen LogP contribution in [0.2, 0.25) is 0 Å². The van der Waals surface area contributed by atoms with Crippen molar-refractivity contribution in [1.29, 1.82) is 0 Å². The molecule has 0 bridgehead atoms. The average Bonchev–Trinajstić information content (AvgIpc) is 3.44. The molecule has 9 heteroatoms. The third kappa shape index (κ3) is 4.74. The van der Waals surface area contributed by atoms with Crippen molar-refractivity contribution >= 4 is 11.7 Å². The molecule has 2 amide bonds. The molecule has 1 aliphatic carbocycles. The van der Waals surface area contributed by atoms with E-state index < -0.39 is 17.8 Å². The van der Waals surface area contributed by atoms with Gasteiger partial charge in [-0.15, -0.1) is 0 Å². The lowest BCUT2D eigenvalue weighted by Gasteiger charge is -2.10. The van der Waals surface area contributed by atoms with Gasteiger partial charge in [0.25, 0.3) is 0 Å². The van der Waals surface area contributed by atoms with Gasteiger partial charge in [-0.2, -0.15) is 18.3 Å². The highest BCUT2D eigenvalue weighted by Gasteiger charge is 2.30. The van der Waals surface area contributed by atoms with Crippen LogP contribution in [0.5, 0.6) is 0 Å². The second-order valence-electron chi connectivity index (χ2n) is 6.90. The van der Waals surface area contributed by atoms with Crippen LogP contribution >= 0.6 is 0 Å². The van der Waals surface area contributed by atoms with Gasteiger partial charge in [0.2, 0.25) is 0 Å². The second kappa shape index (κ2) is 7.57. The van der Waals surface area contributed by atoms with Crippen LogP contribution in [0.15, 0.2) is 48.5 Å². The number of hydrogen-bond acceptors (Lipinski definition) is 3. The van der Waals surface area contributed by atoms with Crippen molar-refractivity contribution in [2.24, 2.45) is 0 Å². The Morgan fingerprint density at radius 3 is 2.59 bits per heavy atom. The predicted molar refractivity (Wildman–Crippen MR) is 101 cm³/mol. The van der Waals surface area contributed by atoms with E-state index in [4.69, 9.17) is 0 Å². The summed E-state index contributed by atoms with van der Waals surface area (Å²) in [7, 11) is 0. The van der Waals surface area contributed by atoms with Gasteiger partial charge >= 0.3 is 12.2 Å². The Hall–Kier alpha value is -3.36. The molecule has 0 atom stereocenters. The molecule has 29 heavy (non-hydrogen) atoms. The molecule has 2 aromatic carbocycles. The number of anilines is 1. The van der Waals surface area contributed by atoms with Crippen LogP contribution in [0.25, 0.3) is 11.4 Å². The first-order valence-electron chi connectivity index (χ1n) is 9.12. The molecule has 0 unspecified atom stereocenters. The summed E-state index contributed by atoms with van der Waals surface area (Å²) in [6.07, 6.45) is -2.15. The summed E-state index contributed by atoms with van der Waals surface area (Å²) in [6, 6.07) is 11.4. The Kier molecular flexibility index (Phi) is 4.96. The number of carbonyl (C=O) groups is 1. The predicted octanol–water partition coefficient (Wildman–Crippen LogP) is 4.69. The van der Waals surface area contributed by atoms with Gasteiger partial charge < -0.3 is 10.6 Å². The van der Waals surface area contributed by atoms with Gasteiger partial charge in [-0.1, -0.05) is 12.1 Å². The number of urea groups is 1. The molecule has 1 heterocycles. The molecular formula is C20H18F3N5O. The molecule has 0 saturated heterocycles. The SMILES string of the molecule is O=C(NCc1cccc(C(F)(F)F)c1)Nc1ccc(-c2n[nH]c(C3CC3)n2)cc1. The molecule has 3 aromatic rings. The number of rotatable bonds is 5. The average molecular weight is 401 g/mol. The van der Waals surface area contributed by atoms with Crippen LogP contribution in [0, 0.1) is 0 Å². The van der Waals surface area contributed by atoms with E-state index in [1.807, 2.05) is 0 Å². The minimum absolute atomic E-state index is 0.0189. The number of benzene rings is 2. The lowest BCUT2D eigenvalue weighted by atomic mass is 10.1. The number of halogens is 3. The Balaban J connectivity index is 1.32. The number of nitrogens with one attached hydrogen (secondary N) is 3. The van der Waals surface area contributed by atoms with E-state index in [0.29, 0.717) is 23.0 Å². The number of aromatic nitrogens is 3. The molecule has 1 saturated carbocycles. The Morgan fingerprint density at radius 1 is 1.14 bits per heavy atom. The van der Waals surface area contributed by atoms with Crippen molar-refractivity contribution in [2.45, 2.75) is 31.5 Å². The maximum absolute atomic E-state index is 12.7. The van der Waals surface area contributed by atoms with Crippen LogP contribution in [0.1, 0.15) is 35.7 Å². The molecule has 0 spiro atoms. The van der Waals surface area contributed by atoms with E-state index in [1.165, 1.54) is 12.1 Å². The van der Waals surface area contributed by atoms with E-state index in [1.54, 1.807) is 24.3 Å². The summed E-state index contributed by atoms with van der Waals surface area (Å²) in [5.41, 5.74) is 0.988. The van der Waals surface area contributed by atoms with Gasteiger partial charge in [-0.25, -0.2) is 9.78 Å². The van der Waals surface area contributed by atoms with Crippen LogP contribution in [0.4, 0.5) is 23.7 Å². The fourth-order valence-electron chi connectivity index (χ4n) is 2.86. The highest BCUT2D eigenvalue weighted by molar-refractivity contribution is 5.89. The summed E-state index contributed by atoms with van der Waals surface area (Å²) >= 11 is 0. The Labute approximate surface area is 164 Å². The third-order valence-corrected chi connectivity index (χ3v) is 4.58. The number of H-pyrrole nitrogens is 1. The molecule has 0 aliphatic heterocycles. The molecule has 6 nitrogen and oxygen atoms in total. The van der Waals surface area contributed by atoms with Gasteiger partial charge in [-0.05, 0) is 54.8 Å². The van der Waals surface area contributed by atoms with Gasteiger partial charge in [0, 0.05) is 23.7 Å². The zero-order valence-electron chi connectivity index (χ0n) is 15.3. The fraction of sp³-hybridized carbons (Fsp3) is 0.250. The van der Waals surface area contributed by atoms with Crippen LogP contribution in [-0.4, -0.2) is 21.2 Å². The molecule has 1 aliphatic rings. The first kappa shape index (κ1) is 19.0. The number of carbonyl (C=O) groups excluding carboxylic acids is 1. The number of aromatic amines is 1. The van der Waals surface area contributed by atoms with E-state index in [2.05, 4.69) is 25.8 Å². The Morgan fingerprint density at radius 2 is 1.90 bits per heavy atom. The highest BCUT2D eigenvalue weighted by atomic mass is 19.4. The summed E-state index contributed by atoms with van der Waals surface area (Å²) in [5.74, 6) is 1.99. The highest BCUT2D eigenvalue weighted by Crippen LogP contribution is 2.38. The second-order valence-corrected chi connectivity index (χ2v) is 6.90. The fourth-order valence-corrected chi connectivity index (χ4v) is 2.86. The van der Waals surface area contributed by atoms with E-state index in [9.17, 15) is 18.0 Å². The van der Waals surface area contributed by atoms with Crippen molar-refractivity contribution in [3.05, 3.63) is 65.5 Å². The third-order valence-electron chi connectivity index (χ3n) is 4.58. The molecule has 3 N–H and O–H groups in total. The topological polar surface area (TPSA) is 82.7 Å². The van der Waals surface area contributed by atoms with E-state index in [0.717, 1.165) is 36.4 Å². The van der Waals surface area contributed by atoms with Gasteiger partial charge in [0.05, 0.1) is 5.56 Å². The van der Waals surface area contributed by atoms with Crippen LogP contribution in [0.3, 0.4) is 0 Å². The van der Waals surface area contributed by atoms with Crippen molar-refractivity contribution in [2.75, 3.05) is 5.32 Å². The Bertz CT molecular complexity index is 1010. The van der Waals surface area contributed by atoms with Gasteiger partial charge in [-0.3, -0.25) is 5.10 Å². The molecular weight excluding hydrogens is 383 g/mol. The first-order valence-corrected chi connectivity index (χ1v) is 9.12. The minimum Gasteiger partial charge on any atom is -0.334 e. The first-order chi connectivity index (χ1) is 13.9. The molecule has 150 valence electrons. The van der Waals surface area contributed by atoms with Crippen LogP contribution in [-0.2, 0) is 12.7 Å². The molecule has 0 radical (unpaired) electrons. The number of amides is 2. The van der Waals surface area contributed by atoms with Gasteiger partial charge in [0.1, 0.15) is 5.82 Å². The normalized spacial score (nSPS) is 13.9. The quantitative estimate of drug-likeness (QED) is 0.580. The van der Waals surface area contributed by atoms with Crippen molar-refractivity contribution in [3.63, 3.8) is 0 Å². The largest absolute Gasteiger partial charge is 0.416 e. The van der Waals surface area contributed by atoms with Gasteiger partial charge in [0.15, 0.2) is 5.82 Å². The molecule has 1 aromatic heterocycles. The lowest BCUT2D eigenvalue weighted by molar-refractivity contribution is -0.137. The van der Waals surface area contributed by atoms with E-state index >= 15 is 0 Å². The molecule has 1 fully saturated rings. The van der Waals surface area contributed by atoms with Crippen molar-refractivity contribution in [1.82, 2.24) is 20.5 Å². The maximum Gasteiger partial charge on any atom is 0.416 e. The number of alkyl halides is 3. The number of hydrogen-bond donors (Lipinski definition) is 3.